The van der Waals surface area contributed by atoms with Gasteiger partial charge in [-0.25, -0.2) is 9.97 Å². The van der Waals surface area contributed by atoms with Crippen molar-refractivity contribution >= 4 is 34.4 Å². The molecule has 0 saturated heterocycles. The van der Waals surface area contributed by atoms with Crippen LogP contribution in [-0.2, 0) is 0 Å². The second-order valence-corrected chi connectivity index (χ2v) is 5.65. The summed E-state index contributed by atoms with van der Waals surface area (Å²) in [4.78, 5) is 8.97. The number of hydrogen-bond acceptors (Lipinski definition) is 3. The van der Waals surface area contributed by atoms with Crippen LogP contribution in [0.3, 0.4) is 0 Å². The van der Waals surface area contributed by atoms with Gasteiger partial charge in [0.25, 0.3) is 0 Å². The Hall–Kier alpha value is -1.78. The first-order chi connectivity index (χ1) is 10.1. The molecule has 0 spiro atoms. The van der Waals surface area contributed by atoms with E-state index in [-0.39, 0.29) is 5.38 Å². The van der Waals surface area contributed by atoms with Crippen LogP contribution in [0.1, 0.15) is 18.1 Å². The average molecular weight is 322 g/mol. The van der Waals surface area contributed by atoms with E-state index in [9.17, 15) is 0 Å². The summed E-state index contributed by atoms with van der Waals surface area (Å²) in [7, 11) is 1.58. The Labute approximate surface area is 132 Å². The monoisotopic (exact) mass is 321 g/mol. The molecule has 0 radical (unpaired) electrons. The molecule has 0 saturated carbocycles. The van der Waals surface area contributed by atoms with E-state index >= 15 is 0 Å². The van der Waals surface area contributed by atoms with E-state index in [0.29, 0.717) is 10.8 Å². The number of benzene rings is 1. The van der Waals surface area contributed by atoms with Crippen LogP contribution in [0.4, 0.5) is 0 Å². The summed E-state index contributed by atoms with van der Waals surface area (Å²) in [5.41, 5.74) is 2.42. The molecule has 108 valence electrons. The van der Waals surface area contributed by atoms with Crippen molar-refractivity contribution in [3.05, 3.63) is 47.4 Å². The molecule has 6 heteroatoms. The number of alkyl halides is 1. The Balaban J connectivity index is 2.30. The number of halogens is 2. The lowest BCUT2D eigenvalue weighted by Crippen LogP contribution is -2.03. The summed E-state index contributed by atoms with van der Waals surface area (Å²) < 4.78 is 7.20. The van der Waals surface area contributed by atoms with E-state index in [0.717, 1.165) is 22.7 Å². The first kappa shape index (κ1) is 14.2. The summed E-state index contributed by atoms with van der Waals surface area (Å²) in [5.74, 6) is 1.33. The third-order valence-corrected chi connectivity index (χ3v) is 3.70. The Morgan fingerprint density at radius 2 is 2.10 bits per heavy atom. The molecule has 0 fully saturated rings. The molecule has 21 heavy (non-hydrogen) atoms. The molecule has 0 aliphatic heterocycles. The lowest BCUT2D eigenvalue weighted by molar-refractivity contribution is 0.415. The van der Waals surface area contributed by atoms with Crippen molar-refractivity contribution in [3.8, 4) is 11.4 Å². The Morgan fingerprint density at radius 1 is 1.29 bits per heavy atom. The van der Waals surface area contributed by atoms with Crippen molar-refractivity contribution in [1.29, 1.82) is 0 Å². The maximum absolute atomic E-state index is 6.27. The van der Waals surface area contributed by atoms with Crippen molar-refractivity contribution in [3.63, 3.8) is 0 Å². The highest BCUT2D eigenvalue weighted by molar-refractivity contribution is 6.32. The number of hydrogen-bond donors (Lipinski definition) is 0. The van der Waals surface area contributed by atoms with Crippen molar-refractivity contribution in [2.45, 2.75) is 12.3 Å². The molecular weight excluding hydrogens is 309 g/mol. The SMILES string of the molecule is COc1cc(-n2c(C(C)Cl)nc3cccnc32)ccc1Cl. The summed E-state index contributed by atoms with van der Waals surface area (Å²) in [6, 6.07) is 9.29. The van der Waals surface area contributed by atoms with Crippen molar-refractivity contribution in [1.82, 2.24) is 14.5 Å². The summed E-state index contributed by atoms with van der Waals surface area (Å²) in [5, 5.41) is 0.306. The minimum Gasteiger partial charge on any atom is -0.495 e. The number of rotatable bonds is 3. The van der Waals surface area contributed by atoms with Crippen LogP contribution in [0, 0.1) is 0 Å². The molecule has 1 unspecified atom stereocenters. The molecule has 4 nitrogen and oxygen atoms in total. The van der Waals surface area contributed by atoms with E-state index in [1.807, 2.05) is 35.8 Å². The predicted molar refractivity (Wildman–Crippen MR) is 84.7 cm³/mol. The lowest BCUT2D eigenvalue weighted by atomic mass is 10.3. The van der Waals surface area contributed by atoms with Gasteiger partial charge in [0.2, 0.25) is 0 Å². The van der Waals surface area contributed by atoms with Crippen LogP contribution < -0.4 is 4.74 Å². The lowest BCUT2D eigenvalue weighted by Gasteiger charge is -2.12. The van der Waals surface area contributed by atoms with Gasteiger partial charge in [-0.05, 0) is 31.2 Å². The van der Waals surface area contributed by atoms with E-state index in [1.54, 1.807) is 19.4 Å². The Morgan fingerprint density at radius 3 is 2.81 bits per heavy atom. The van der Waals surface area contributed by atoms with Crippen LogP contribution in [-0.4, -0.2) is 21.6 Å². The van der Waals surface area contributed by atoms with Crippen LogP contribution in [0.15, 0.2) is 36.5 Å². The second-order valence-electron chi connectivity index (χ2n) is 4.59. The predicted octanol–water partition coefficient (Wildman–Crippen LogP) is 4.38. The number of ether oxygens (including phenoxy) is 1. The van der Waals surface area contributed by atoms with Crippen LogP contribution in [0.2, 0.25) is 5.02 Å². The van der Waals surface area contributed by atoms with E-state index in [4.69, 9.17) is 27.9 Å². The highest BCUT2D eigenvalue weighted by atomic mass is 35.5. The van der Waals surface area contributed by atoms with E-state index < -0.39 is 0 Å². The van der Waals surface area contributed by atoms with Gasteiger partial charge in [0.05, 0.1) is 23.2 Å². The van der Waals surface area contributed by atoms with Crippen LogP contribution in [0.5, 0.6) is 5.75 Å². The summed E-state index contributed by atoms with van der Waals surface area (Å²) in [6.07, 6.45) is 1.73. The Bertz CT molecular complexity index is 799. The number of fused-ring (bicyclic) bond motifs is 1. The molecule has 2 aromatic heterocycles. The fourth-order valence-electron chi connectivity index (χ4n) is 2.24. The van der Waals surface area contributed by atoms with Crippen molar-refractivity contribution in [2.75, 3.05) is 7.11 Å². The highest BCUT2D eigenvalue weighted by Gasteiger charge is 2.17. The molecule has 1 aromatic carbocycles. The topological polar surface area (TPSA) is 39.9 Å². The second kappa shape index (κ2) is 5.54. The molecule has 0 N–H and O–H groups in total. The van der Waals surface area contributed by atoms with Crippen molar-refractivity contribution in [2.24, 2.45) is 0 Å². The maximum atomic E-state index is 6.27. The molecule has 3 rings (SSSR count). The number of imidazole rings is 1. The van der Waals surface area contributed by atoms with Crippen LogP contribution in [0.25, 0.3) is 16.9 Å². The normalized spacial score (nSPS) is 12.6. The van der Waals surface area contributed by atoms with Gasteiger partial charge in [-0.3, -0.25) is 4.57 Å². The molecule has 0 aliphatic carbocycles. The summed E-state index contributed by atoms with van der Waals surface area (Å²) >= 11 is 12.4. The van der Waals surface area contributed by atoms with Gasteiger partial charge in [-0.2, -0.15) is 0 Å². The van der Waals surface area contributed by atoms with Gasteiger partial charge in [-0.15, -0.1) is 11.6 Å². The molecule has 0 amide bonds. The number of nitrogens with zero attached hydrogens (tertiary/aromatic N) is 3. The van der Waals surface area contributed by atoms with Gasteiger partial charge in [-0.1, -0.05) is 11.6 Å². The third-order valence-electron chi connectivity index (χ3n) is 3.19. The van der Waals surface area contributed by atoms with E-state index in [2.05, 4.69) is 9.97 Å². The fourth-order valence-corrected chi connectivity index (χ4v) is 2.58. The van der Waals surface area contributed by atoms with Crippen molar-refractivity contribution < 1.29 is 4.74 Å². The Kier molecular flexibility index (Phi) is 3.74. The minimum atomic E-state index is -0.249. The van der Waals surface area contributed by atoms with E-state index in [1.165, 1.54) is 0 Å². The maximum Gasteiger partial charge on any atom is 0.164 e. The highest BCUT2D eigenvalue weighted by Crippen LogP contribution is 2.31. The summed E-state index contributed by atoms with van der Waals surface area (Å²) in [6.45, 7) is 1.88. The molecule has 0 aliphatic rings. The smallest absolute Gasteiger partial charge is 0.164 e. The van der Waals surface area contributed by atoms with Gasteiger partial charge >= 0.3 is 0 Å². The quantitative estimate of drug-likeness (QED) is 0.672. The fraction of sp³-hybridized carbons (Fsp3) is 0.200. The number of pyridine rings is 1. The van der Waals surface area contributed by atoms with Gasteiger partial charge in [0.1, 0.15) is 17.1 Å². The van der Waals surface area contributed by atoms with Gasteiger partial charge < -0.3 is 4.74 Å². The first-order valence-electron chi connectivity index (χ1n) is 6.43. The van der Waals surface area contributed by atoms with Gasteiger partial charge in [0, 0.05) is 12.3 Å². The minimum absolute atomic E-state index is 0.249. The zero-order valence-electron chi connectivity index (χ0n) is 11.5. The largest absolute Gasteiger partial charge is 0.495 e. The first-order valence-corrected chi connectivity index (χ1v) is 7.24. The molecule has 0 bridgehead atoms. The number of methoxy groups -OCH3 is 1. The zero-order valence-corrected chi connectivity index (χ0v) is 13.1. The average Bonchev–Trinajstić information content (AvgIpc) is 2.87. The van der Waals surface area contributed by atoms with Gasteiger partial charge in [0.15, 0.2) is 5.65 Å². The van der Waals surface area contributed by atoms with Crippen LogP contribution >= 0.6 is 23.2 Å². The standard InChI is InChI=1S/C15H13Cl2N3O/c1-9(16)14-19-12-4-3-7-18-15(12)20(14)10-5-6-11(17)13(8-10)21-2/h3-9H,1-2H3. The molecule has 3 aromatic rings. The molecule has 1 atom stereocenters. The third kappa shape index (κ3) is 2.45. The zero-order chi connectivity index (χ0) is 15.0. The molecule has 2 heterocycles. The molecular formula is C15H13Cl2N3O. The number of aromatic nitrogens is 3.